The number of rotatable bonds is 8. The number of nitrogens with two attached hydrogens (primary N) is 1. The van der Waals surface area contributed by atoms with Crippen LogP contribution in [-0.2, 0) is 11.2 Å². The number of hydrogen-bond acceptors (Lipinski definition) is 5. The fraction of sp³-hybridized carbons (Fsp3) is 0.348. The summed E-state index contributed by atoms with van der Waals surface area (Å²) in [5.41, 5.74) is 9.72. The molecular formula is C23H28N6O3. The Balaban J connectivity index is 1.67. The number of carbonyl (C=O) groups is 3. The normalized spacial score (nSPS) is 10.9. The van der Waals surface area contributed by atoms with Gasteiger partial charge in [-0.05, 0) is 63.9 Å². The highest BCUT2D eigenvalue weighted by atomic mass is 16.2. The average Bonchev–Trinajstić information content (AvgIpc) is 3.19. The number of primary amides is 1. The second-order valence-electron chi connectivity index (χ2n) is 7.52. The van der Waals surface area contributed by atoms with E-state index in [1.807, 2.05) is 27.7 Å². The molecule has 3 aromatic rings. The van der Waals surface area contributed by atoms with E-state index in [1.54, 1.807) is 33.7 Å². The largest absolute Gasteiger partial charge is 0.365 e. The smallest absolute Gasteiger partial charge is 0.254 e. The predicted octanol–water partition coefficient (Wildman–Crippen LogP) is 2.50. The highest BCUT2D eigenvalue weighted by Crippen LogP contribution is 2.19. The Morgan fingerprint density at radius 3 is 2.34 bits per heavy atom. The average molecular weight is 437 g/mol. The lowest BCUT2D eigenvalue weighted by atomic mass is 10.1. The maximum atomic E-state index is 12.5. The number of fused-ring (bicyclic) bond motifs is 1. The number of aryl methyl sites for hydroxylation is 2. The molecule has 0 bridgehead atoms. The summed E-state index contributed by atoms with van der Waals surface area (Å²) in [6.07, 6.45) is 2.12. The van der Waals surface area contributed by atoms with E-state index in [-0.39, 0.29) is 23.8 Å². The van der Waals surface area contributed by atoms with E-state index < -0.39 is 5.91 Å². The number of nitrogens with one attached hydrogen (secondary N) is 1. The lowest BCUT2D eigenvalue weighted by molar-refractivity contribution is -0.116. The molecule has 1 aromatic carbocycles. The van der Waals surface area contributed by atoms with E-state index in [0.29, 0.717) is 36.4 Å². The maximum absolute atomic E-state index is 12.5. The first-order valence-electron chi connectivity index (χ1n) is 10.6. The molecule has 2 aromatic heterocycles. The van der Waals surface area contributed by atoms with E-state index >= 15 is 0 Å². The zero-order valence-corrected chi connectivity index (χ0v) is 18.8. The first-order chi connectivity index (χ1) is 15.3. The third kappa shape index (κ3) is 4.61. The van der Waals surface area contributed by atoms with Gasteiger partial charge in [-0.15, -0.1) is 0 Å². The molecule has 2 heterocycles. The second-order valence-corrected chi connectivity index (χ2v) is 7.52. The number of hydrogen-bond donors (Lipinski definition) is 2. The number of benzene rings is 1. The van der Waals surface area contributed by atoms with Crippen LogP contribution in [0.25, 0.3) is 5.65 Å². The minimum Gasteiger partial charge on any atom is -0.365 e. The van der Waals surface area contributed by atoms with Gasteiger partial charge in [-0.1, -0.05) is 0 Å². The number of carbonyl (C=O) groups excluding carboxylic acids is 3. The van der Waals surface area contributed by atoms with Gasteiger partial charge < -0.3 is 16.0 Å². The number of aromatic nitrogens is 3. The number of anilines is 1. The quantitative estimate of drug-likeness (QED) is 0.562. The van der Waals surface area contributed by atoms with Crippen molar-refractivity contribution in [3.8, 4) is 0 Å². The van der Waals surface area contributed by atoms with Crippen LogP contribution in [0.1, 0.15) is 57.9 Å². The standard InChI is InChI=1S/C23H28N6O3/c1-5-28(6-2)23(32)16-7-9-17(10-8-16)27-20(30)12-11-18-14(3)26-22-19(21(24)31)13-25-29(22)15(18)4/h7-10,13H,5-6,11-12H2,1-4H3,(H2,24,31)(H,27,30). The summed E-state index contributed by atoms with van der Waals surface area (Å²) in [6.45, 7) is 8.89. The van der Waals surface area contributed by atoms with Crippen molar-refractivity contribution < 1.29 is 14.4 Å². The molecule has 0 radical (unpaired) electrons. The molecule has 0 saturated heterocycles. The summed E-state index contributed by atoms with van der Waals surface area (Å²) in [5, 5.41) is 7.07. The summed E-state index contributed by atoms with van der Waals surface area (Å²) in [4.78, 5) is 42.7. The Hall–Kier alpha value is -3.75. The van der Waals surface area contributed by atoms with Crippen molar-refractivity contribution >= 4 is 29.1 Å². The molecule has 3 amide bonds. The summed E-state index contributed by atoms with van der Waals surface area (Å²) in [7, 11) is 0. The molecule has 0 aliphatic heterocycles. The molecule has 3 N–H and O–H groups in total. The summed E-state index contributed by atoms with van der Waals surface area (Å²) in [6, 6.07) is 6.90. The van der Waals surface area contributed by atoms with Crippen LogP contribution in [0.2, 0.25) is 0 Å². The van der Waals surface area contributed by atoms with Crippen LogP contribution < -0.4 is 11.1 Å². The molecule has 32 heavy (non-hydrogen) atoms. The molecule has 9 heteroatoms. The minimum atomic E-state index is -0.580. The molecule has 0 spiro atoms. The minimum absolute atomic E-state index is 0.0279. The van der Waals surface area contributed by atoms with Crippen LogP contribution in [0, 0.1) is 13.8 Å². The first-order valence-corrected chi connectivity index (χ1v) is 10.6. The molecule has 0 saturated carbocycles. The molecule has 9 nitrogen and oxygen atoms in total. The zero-order chi connectivity index (χ0) is 23.4. The van der Waals surface area contributed by atoms with Crippen LogP contribution in [0.4, 0.5) is 5.69 Å². The molecular weight excluding hydrogens is 408 g/mol. The highest BCUT2D eigenvalue weighted by Gasteiger charge is 2.17. The van der Waals surface area contributed by atoms with Gasteiger partial charge in [0.05, 0.1) is 6.20 Å². The van der Waals surface area contributed by atoms with Gasteiger partial charge in [-0.3, -0.25) is 14.4 Å². The Bertz CT molecular complexity index is 1160. The molecule has 0 unspecified atom stereocenters. The summed E-state index contributed by atoms with van der Waals surface area (Å²) < 4.78 is 1.58. The Morgan fingerprint density at radius 2 is 1.75 bits per heavy atom. The van der Waals surface area contributed by atoms with Crippen molar-refractivity contribution in [3.05, 3.63) is 58.5 Å². The lowest BCUT2D eigenvalue weighted by Gasteiger charge is -2.18. The Labute approximate surface area is 186 Å². The van der Waals surface area contributed by atoms with Gasteiger partial charge in [0.15, 0.2) is 5.65 Å². The highest BCUT2D eigenvalue weighted by molar-refractivity contribution is 5.98. The van der Waals surface area contributed by atoms with E-state index in [2.05, 4.69) is 15.4 Å². The lowest BCUT2D eigenvalue weighted by Crippen LogP contribution is -2.30. The first kappa shape index (κ1) is 22.9. The third-order valence-electron chi connectivity index (χ3n) is 5.54. The zero-order valence-electron chi connectivity index (χ0n) is 18.8. The monoisotopic (exact) mass is 436 g/mol. The van der Waals surface area contributed by atoms with Crippen LogP contribution in [-0.4, -0.2) is 50.3 Å². The Morgan fingerprint density at radius 1 is 1.09 bits per heavy atom. The van der Waals surface area contributed by atoms with Gasteiger partial charge >= 0.3 is 0 Å². The number of amides is 3. The van der Waals surface area contributed by atoms with E-state index in [4.69, 9.17) is 5.73 Å². The van der Waals surface area contributed by atoms with Crippen LogP contribution >= 0.6 is 0 Å². The van der Waals surface area contributed by atoms with Gasteiger partial charge in [0.1, 0.15) is 5.56 Å². The van der Waals surface area contributed by atoms with Gasteiger partial charge in [-0.2, -0.15) is 5.10 Å². The summed E-state index contributed by atoms with van der Waals surface area (Å²) >= 11 is 0. The van der Waals surface area contributed by atoms with Gasteiger partial charge in [0.2, 0.25) is 5.91 Å². The number of nitrogens with zero attached hydrogens (tertiary/aromatic N) is 4. The third-order valence-corrected chi connectivity index (χ3v) is 5.54. The predicted molar refractivity (Wildman–Crippen MR) is 122 cm³/mol. The van der Waals surface area contributed by atoms with E-state index in [1.165, 1.54) is 6.20 Å². The topological polar surface area (TPSA) is 123 Å². The van der Waals surface area contributed by atoms with Crippen LogP contribution in [0.3, 0.4) is 0 Å². The van der Waals surface area contributed by atoms with Crippen LogP contribution in [0.15, 0.2) is 30.5 Å². The van der Waals surface area contributed by atoms with Crippen molar-refractivity contribution in [1.29, 1.82) is 0 Å². The second kappa shape index (κ2) is 9.59. The van der Waals surface area contributed by atoms with Crippen molar-refractivity contribution in [1.82, 2.24) is 19.5 Å². The molecule has 168 valence electrons. The molecule has 0 fully saturated rings. The van der Waals surface area contributed by atoms with Gasteiger partial charge in [-0.25, -0.2) is 9.50 Å². The van der Waals surface area contributed by atoms with Crippen molar-refractivity contribution in [3.63, 3.8) is 0 Å². The molecule has 0 atom stereocenters. The van der Waals surface area contributed by atoms with Crippen molar-refractivity contribution in [2.75, 3.05) is 18.4 Å². The van der Waals surface area contributed by atoms with E-state index in [9.17, 15) is 14.4 Å². The SMILES string of the molecule is CCN(CC)C(=O)c1ccc(NC(=O)CCc2c(C)nc3c(C(N)=O)cnn3c2C)cc1. The van der Waals surface area contributed by atoms with Crippen molar-refractivity contribution in [2.45, 2.75) is 40.5 Å². The van der Waals surface area contributed by atoms with Crippen molar-refractivity contribution in [2.24, 2.45) is 5.73 Å². The molecule has 0 aliphatic carbocycles. The fourth-order valence-electron chi connectivity index (χ4n) is 3.70. The van der Waals surface area contributed by atoms with Gasteiger partial charge in [0.25, 0.3) is 11.8 Å². The van der Waals surface area contributed by atoms with E-state index in [0.717, 1.165) is 17.0 Å². The maximum Gasteiger partial charge on any atom is 0.254 e. The Kier molecular flexibility index (Phi) is 6.87. The molecule has 3 rings (SSSR count). The molecule has 0 aliphatic rings. The fourth-order valence-corrected chi connectivity index (χ4v) is 3.70. The van der Waals surface area contributed by atoms with Gasteiger partial charge in [0, 0.05) is 42.1 Å². The van der Waals surface area contributed by atoms with Crippen LogP contribution in [0.5, 0.6) is 0 Å². The summed E-state index contributed by atoms with van der Waals surface area (Å²) in [5.74, 6) is -0.756.